The van der Waals surface area contributed by atoms with E-state index in [4.69, 9.17) is 0 Å². The highest BCUT2D eigenvalue weighted by molar-refractivity contribution is 7.92. The number of fused-ring (bicyclic) bond motifs is 1. The normalized spacial score (nSPS) is 18.7. The minimum absolute atomic E-state index is 0.00924. The SMILES string of the molecule is O=C(Nc1ccc(S(=O)(=O)NC2CCS(=O)(=O)C2)cc1)c1n[nH]c2ccccc12. The van der Waals surface area contributed by atoms with Crippen LogP contribution in [0.3, 0.4) is 0 Å². The molecule has 1 amide bonds. The van der Waals surface area contributed by atoms with Crippen molar-refractivity contribution >= 4 is 42.4 Å². The van der Waals surface area contributed by atoms with Gasteiger partial charge in [-0.25, -0.2) is 21.6 Å². The Hall–Kier alpha value is -2.76. The summed E-state index contributed by atoms with van der Waals surface area (Å²) in [6.45, 7) is 0. The van der Waals surface area contributed by atoms with Gasteiger partial charge in [-0.3, -0.25) is 9.89 Å². The lowest BCUT2D eigenvalue weighted by molar-refractivity contribution is 0.102. The van der Waals surface area contributed by atoms with Crippen LogP contribution < -0.4 is 10.0 Å². The first-order valence-electron chi connectivity index (χ1n) is 8.81. The van der Waals surface area contributed by atoms with Crippen LogP contribution in [0.25, 0.3) is 10.9 Å². The van der Waals surface area contributed by atoms with Crippen molar-refractivity contribution in [3.63, 3.8) is 0 Å². The van der Waals surface area contributed by atoms with E-state index in [2.05, 4.69) is 20.2 Å². The van der Waals surface area contributed by atoms with Crippen molar-refractivity contribution in [1.82, 2.24) is 14.9 Å². The van der Waals surface area contributed by atoms with Crippen LogP contribution in [-0.4, -0.2) is 50.5 Å². The molecule has 0 radical (unpaired) electrons. The van der Waals surface area contributed by atoms with Gasteiger partial charge < -0.3 is 5.32 Å². The maximum absolute atomic E-state index is 12.5. The van der Waals surface area contributed by atoms with E-state index in [1.165, 1.54) is 24.3 Å². The number of aromatic nitrogens is 2. The van der Waals surface area contributed by atoms with Crippen LogP contribution in [0.4, 0.5) is 5.69 Å². The van der Waals surface area contributed by atoms with Crippen molar-refractivity contribution in [2.24, 2.45) is 0 Å². The van der Waals surface area contributed by atoms with Crippen molar-refractivity contribution in [2.45, 2.75) is 17.4 Å². The number of hydrogen-bond acceptors (Lipinski definition) is 6. The fourth-order valence-electron chi connectivity index (χ4n) is 3.22. The predicted molar refractivity (Wildman–Crippen MR) is 108 cm³/mol. The summed E-state index contributed by atoms with van der Waals surface area (Å²) in [6.07, 6.45) is 0.257. The molecule has 1 atom stereocenters. The molecule has 3 N–H and O–H groups in total. The zero-order chi connectivity index (χ0) is 20.6. The minimum atomic E-state index is -3.86. The van der Waals surface area contributed by atoms with E-state index < -0.39 is 31.8 Å². The van der Waals surface area contributed by atoms with Gasteiger partial charge in [0.05, 0.1) is 21.9 Å². The number of carbonyl (C=O) groups excluding carboxylic acids is 1. The molecule has 11 heteroatoms. The summed E-state index contributed by atoms with van der Waals surface area (Å²) in [7, 11) is -7.05. The van der Waals surface area contributed by atoms with Gasteiger partial charge in [0.15, 0.2) is 15.5 Å². The number of benzene rings is 2. The molecule has 1 aromatic heterocycles. The molecule has 1 unspecified atom stereocenters. The van der Waals surface area contributed by atoms with Crippen molar-refractivity contribution in [1.29, 1.82) is 0 Å². The maximum atomic E-state index is 12.5. The van der Waals surface area contributed by atoms with Crippen LogP contribution in [0.5, 0.6) is 0 Å². The molecule has 1 saturated heterocycles. The molecule has 1 aliphatic heterocycles. The molecular formula is C18H18N4O5S2. The molecule has 0 spiro atoms. The van der Waals surface area contributed by atoms with Crippen LogP contribution in [0, 0.1) is 0 Å². The third-order valence-corrected chi connectivity index (χ3v) is 7.97. The number of rotatable bonds is 5. The monoisotopic (exact) mass is 434 g/mol. The number of sulfonamides is 1. The first kappa shape index (κ1) is 19.6. The summed E-state index contributed by atoms with van der Waals surface area (Å²) in [5.74, 6) is -0.641. The summed E-state index contributed by atoms with van der Waals surface area (Å²) >= 11 is 0. The molecule has 1 fully saturated rings. The number of H-pyrrole nitrogens is 1. The number of sulfone groups is 1. The number of carbonyl (C=O) groups is 1. The van der Waals surface area contributed by atoms with Gasteiger partial charge >= 0.3 is 0 Å². The Balaban J connectivity index is 1.47. The Morgan fingerprint density at radius 1 is 1.10 bits per heavy atom. The number of hydrogen-bond donors (Lipinski definition) is 3. The van der Waals surface area contributed by atoms with Gasteiger partial charge in [0.25, 0.3) is 5.91 Å². The molecule has 0 bridgehead atoms. The van der Waals surface area contributed by atoms with Gasteiger partial charge in [-0.15, -0.1) is 0 Å². The van der Waals surface area contributed by atoms with Gasteiger partial charge in [0.2, 0.25) is 10.0 Å². The third-order valence-electron chi connectivity index (χ3n) is 4.66. The highest BCUT2D eigenvalue weighted by Gasteiger charge is 2.31. The summed E-state index contributed by atoms with van der Waals surface area (Å²) < 4.78 is 50.4. The molecule has 3 aromatic rings. The van der Waals surface area contributed by atoms with Crippen LogP contribution in [0.1, 0.15) is 16.9 Å². The molecule has 9 nitrogen and oxygen atoms in total. The molecule has 0 saturated carbocycles. The largest absolute Gasteiger partial charge is 0.321 e. The van der Waals surface area contributed by atoms with Crippen molar-refractivity contribution in [3.05, 3.63) is 54.2 Å². The van der Waals surface area contributed by atoms with Crippen LogP contribution in [0.15, 0.2) is 53.4 Å². The van der Waals surface area contributed by atoms with E-state index in [0.717, 1.165) is 5.52 Å². The lowest BCUT2D eigenvalue weighted by atomic mass is 10.2. The molecule has 0 aliphatic carbocycles. The zero-order valence-corrected chi connectivity index (χ0v) is 16.8. The van der Waals surface area contributed by atoms with Gasteiger partial charge in [-0.05, 0) is 36.8 Å². The first-order valence-corrected chi connectivity index (χ1v) is 12.1. The lowest BCUT2D eigenvalue weighted by Gasteiger charge is -2.12. The lowest BCUT2D eigenvalue weighted by Crippen LogP contribution is -2.35. The van der Waals surface area contributed by atoms with E-state index in [0.29, 0.717) is 11.1 Å². The average molecular weight is 434 g/mol. The van der Waals surface area contributed by atoms with Crippen molar-refractivity contribution in [2.75, 3.05) is 16.8 Å². The van der Waals surface area contributed by atoms with E-state index >= 15 is 0 Å². The summed E-state index contributed by atoms with van der Waals surface area (Å²) in [4.78, 5) is 12.5. The Morgan fingerprint density at radius 3 is 2.52 bits per heavy atom. The van der Waals surface area contributed by atoms with Crippen LogP contribution in [-0.2, 0) is 19.9 Å². The number of para-hydroxylation sites is 1. The van der Waals surface area contributed by atoms with E-state index in [1.807, 2.05) is 6.07 Å². The highest BCUT2D eigenvalue weighted by atomic mass is 32.2. The molecular weight excluding hydrogens is 416 g/mol. The van der Waals surface area contributed by atoms with E-state index in [-0.39, 0.29) is 28.5 Å². The van der Waals surface area contributed by atoms with Crippen molar-refractivity contribution < 1.29 is 21.6 Å². The molecule has 152 valence electrons. The highest BCUT2D eigenvalue weighted by Crippen LogP contribution is 2.20. The van der Waals surface area contributed by atoms with Crippen LogP contribution in [0.2, 0.25) is 0 Å². The number of amides is 1. The molecule has 29 heavy (non-hydrogen) atoms. The molecule has 1 aliphatic rings. The zero-order valence-electron chi connectivity index (χ0n) is 15.1. The quantitative estimate of drug-likeness (QED) is 0.553. The van der Waals surface area contributed by atoms with Crippen molar-refractivity contribution in [3.8, 4) is 0 Å². The molecule has 4 rings (SSSR count). The Morgan fingerprint density at radius 2 is 1.83 bits per heavy atom. The minimum Gasteiger partial charge on any atom is -0.321 e. The second-order valence-electron chi connectivity index (χ2n) is 6.82. The number of anilines is 1. The average Bonchev–Trinajstić information content (AvgIpc) is 3.24. The standard InChI is InChI=1S/C18H18N4O5S2/c23-18(17-15-3-1-2-4-16(15)20-21-17)19-12-5-7-14(8-6-12)29(26,27)22-13-9-10-28(24,25)11-13/h1-8,13,22H,9-11H2,(H,19,23)(H,20,21). The Kier molecular flexibility index (Phi) is 4.89. The second kappa shape index (κ2) is 7.25. The molecule has 2 heterocycles. The molecule has 2 aromatic carbocycles. The first-order chi connectivity index (χ1) is 13.7. The van der Waals surface area contributed by atoms with E-state index in [9.17, 15) is 21.6 Å². The number of nitrogens with zero attached hydrogens (tertiary/aromatic N) is 1. The fourth-order valence-corrected chi connectivity index (χ4v) is 6.27. The second-order valence-corrected chi connectivity index (χ2v) is 10.8. The van der Waals surface area contributed by atoms with Gasteiger partial charge in [0, 0.05) is 17.1 Å². The van der Waals surface area contributed by atoms with Crippen LogP contribution >= 0.6 is 0 Å². The van der Waals surface area contributed by atoms with E-state index in [1.54, 1.807) is 18.2 Å². The predicted octanol–water partition coefficient (Wildman–Crippen LogP) is 1.28. The van der Waals surface area contributed by atoms with Gasteiger partial charge in [-0.2, -0.15) is 5.10 Å². The smallest absolute Gasteiger partial charge is 0.276 e. The summed E-state index contributed by atoms with van der Waals surface area (Å²) in [6, 6.07) is 12.2. The summed E-state index contributed by atoms with van der Waals surface area (Å²) in [5, 5.41) is 10.2. The van der Waals surface area contributed by atoms with Gasteiger partial charge in [-0.1, -0.05) is 18.2 Å². The Labute approximate surface area is 167 Å². The van der Waals surface area contributed by atoms with Gasteiger partial charge in [0.1, 0.15) is 0 Å². The topological polar surface area (TPSA) is 138 Å². The number of nitrogens with one attached hydrogen (secondary N) is 3. The Bertz CT molecular complexity index is 1280. The fraction of sp³-hybridized carbons (Fsp3) is 0.222. The number of aromatic amines is 1. The maximum Gasteiger partial charge on any atom is 0.276 e. The third kappa shape index (κ3) is 4.16. The summed E-state index contributed by atoms with van der Waals surface area (Å²) in [5.41, 5.74) is 1.38.